The molecule has 2 heterocycles. The van der Waals surface area contributed by atoms with Gasteiger partial charge in [-0.25, -0.2) is 9.97 Å². The number of allylic oxidation sites excluding steroid dienone is 4. The van der Waals surface area contributed by atoms with Gasteiger partial charge in [0.15, 0.2) is 5.82 Å². The SMILES string of the molecule is C1=CC(c2cc(-c3ccccc3)nc(-c3ccccc3)n2)CC2=C1C1(c3ccccc3O2)c2ccccc2-c2ccccc21. The minimum atomic E-state index is -0.436. The second-order valence-corrected chi connectivity index (χ2v) is 11.7. The summed E-state index contributed by atoms with van der Waals surface area (Å²) in [5.41, 5.74) is 11.2. The zero-order valence-corrected chi connectivity index (χ0v) is 24.0. The Kier molecular flexibility index (Phi) is 5.54. The van der Waals surface area contributed by atoms with Crippen LogP contribution in [0.5, 0.6) is 5.75 Å². The second kappa shape index (κ2) is 9.75. The Morgan fingerprint density at radius 3 is 1.89 bits per heavy atom. The maximum Gasteiger partial charge on any atom is 0.160 e. The number of hydrogen-bond donors (Lipinski definition) is 0. The van der Waals surface area contributed by atoms with Gasteiger partial charge in [0.05, 0.1) is 16.8 Å². The first-order valence-corrected chi connectivity index (χ1v) is 15.2. The van der Waals surface area contributed by atoms with Gasteiger partial charge in [-0.2, -0.15) is 0 Å². The van der Waals surface area contributed by atoms with Gasteiger partial charge in [0, 0.05) is 34.6 Å². The molecule has 6 aromatic rings. The number of aromatic nitrogens is 2. The molecule has 1 aliphatic heterocycles. The molecule has 0 amide bonds. The first-order chi connectivity index (χ1) is 21.8. The van der Waals surface area contributed by atoms with Gasteiger partial charge < -0.3 is 4.74 Å². The third-order valence-electron chi connectivity index (χ3n) is 9.31. The van der Waals surface area contributed by atoms with Crippen molar-refractivity contribution in [2.75, 3.05) is 0 Å². The van der Waals surface area contributed by atoms with Crippen molar-refractivity contribution in [1.29, 1.82) is 0 Å². The Bertz CT molecular complexity index is 2020. The van der Waals surface area contributed by atoms with E-state index >= 15 is 0 Å². The summed E-state index contributed by atoms with van der Waals surface area (Å²) in [4.78, 5) is 10.2. The molecule has 0 saturated carbocycles. The van der Waals surface area contributed by atoms with Crippen molar-refractivity contribution in [3.63, 3.8) is 0 Å². The molecule has 0 N–H and O–H groups in total. The first-order valence-electron chi connectivity index (χ1n) is 15.2. The molecule has 0 radical (unpaired) electrons. The maximum atomic E-state index is 6.82. The van der Waals surface area contributed by atoms with E-state index in [1.165, 1.54) is 33.4 Å². The average molecular weight is 565 g/mol. The number of rotatable bonds is 3. The lowest BCUT2D eigenvalue weighted by Crippen LogP contribution is -2.35. The van der Waals surface area contributed by atoms with Crippen molar-refractivity contribution in [1.82, 2.24) is 9.97 Å². The zero-order chi connectivity index (χ0) is 29.1. The van der Waals surface area contributed by atoms with E-state index in [0.717, 1.165) is 39.8 Å². The molecule has 5 aromatic carbocycles. The summed E-state index contributed by atoms with van der Waals surface area (Å²) in [6.45, 7) is 0. The van der Waals surface area contributed by atoms with Gasteiger partial charge in [-0.15, -0.1) is 0 Å². The van der Waals surface area contributed by atoms with E-state index in [-0.39, 0.29) is 5.92 Å². The van der Waals surface area contributed by atoms with Crippen LogP contribution in [0.25, 0.3) is 33.8 Å². The molecular formula is C41H28N2O. The molecule has 0 saturated heterocycles. The van der Waals surface area contributed by atoms with E-state index in [1.807, 2.05) is 24.3 Å². The van der Waals surface area contributed by atoms with Crippen LogP contribution in [-0.2, 0) is 5.41 Å². The summed E-state index contributed by atoms with van der Waals surface area (Å²) in [5, 5.41) is 0. The predicted octanol–water partition coefficient (Wildman–Crippen LogP) is 9.52. The van der Waals surface area contributed by atoms with E-state index in [9.17, 15) is 0 Å². The lowest BCUT2D eigenvalue weighted by Gasteiger charge is -2.42. The highest BCUT2D eigenvalue weighted by molar-refractivity contribution is 5.88. The van der Waals surface area contributed by atoms with Gasteiger partial charge in [-0.1, -0.05) is 140 Å². The summed E-state index contributed by atoms with van der Waals surface area (Å²) in [5.74, 6) is 2.70. The standard InChI is InChI=1S/C41H28N2O/c1-3-13-27(14-4-1)36-26-37(43-40(42-36)28-15-5-2-6-16-28)29-23-24-35-39(25-29)44-38-22-12-11-21-34(38)41(35)32-19-9-7-17-30(32)31-18-8-10-20-33(31)41/h1-24,26,29H,25H2. The third-order valence-corrected chi connectivity index (χ3v) is 9.31. The Morgan fingerprint density at radius 1 is 0.591 bits per heavy atom. The van der Waals surface area contributed by atoms with Crippen LogP contribution in [0.4, 0.5) is 0 Å². The van der Waals surface area contributed by atoms with Gasteiger partial charge in [0.25, 0.3) is 0 Å². The smallest absolute Gasteiger partial charge is 0.160 e. The Hall–Kier alpha value is -5.54. The highest BCUT2D eigenvalue weighted by Crippen LogP contribution is 2.61. The topological polar surface area (TPSA) is 35.0 Å². The lowest BCUT2D eigenvalue weighted by molar-refractivity contribution is 0.356. The van der Waals surface area contributed by atoms with Gasteiger partial charge in [0.1, 0.15) is 11.5 Å². The largest absolute Gasteiger partial charge is 0.461 e. The lowest BCUT2D eigenvalue weighted by atomic mass is 9.64. The molecule has 3 nitrogen and oxygen atoms in total. The fourth-order valence-electron chi connectivity index (χ4n) is 7.40. The number of benzene rings is 5. The summed E-state index contributed by atoms with van der Waals surface area (Å²) in [7, 11) is 0. The summed E-state index contributed by atoms with van der Waals surface area (Å²) >= 11 is 0. The van der Waals surface area contributed by atoms with Crippen LogP contribution in [-0.4, -0.2) is 9.97 Å². The van der Waals surface area contributed by atoms with Crippen molar-refractivity contribution >= 4 is 0 Å². The highest BCUT2D eigenvalue weighted by Gasteiger charge is 2.52. The van der Waals surface area contributed by atoms with Crippen molar-refractivity contribution in [3.05, 3.63) is 185 Å². The van der Waals surface area contributed by atoms with Crippen molar-refractivity contribution in [2.24, 2.45) is 0 Å². The molecule has 1 aromatic heterocycles. The Balaban J connectivity index is 1.22. The zero-order valence-electron chi connectivity index (χ0n) is 24.0. The van der Waals surface area contributed by atoms with Gasteiger partial charge in [-0.3, -0.25) is 0 Å². The molecule has 0 fully saturated rings. The summed E-state index contributed by atoms with van der Waals surface area (Å²) < 4.78 is 6.82. The minimum absolute atomic E-state index is 0.0378. The summed E-state index contributed by atoms with van der Waals surface area (Å²) in [6.07, 6.45) is 5.35. The van der Waals surface area contributed by atoms with E-state index in [2.05, 4.69) is 127 Å². The molecule has 1 atom stereocenters. The quantitative estimate of drug-likeness (QED) is 0.215. The monoisotopic (exact) mass is 564 g/mol. The second-order valence-electron chi connectivity index (χ2n) is 11.7. The molecule has 208 valence electrons. The van der Waals surface area contributed by atoms with E-state index in [4.69, 9.17) is 14.7 Å². The van der Waals surface area contributed by atoms with Crippen molar-refractivity contribution < 1.29 is 4.74 Å². The number of nitrogens with zero attached hydrogens (tertiary/aromatic N) is 2. The minimum Gasteiger partial charge on any atom is -0.461 e. The molecule has 1 spiro atoms. The van der Waals surface area contributed by atoms with Crippen LogP contribution >= 0.6 is 0 Å². The Morgan fingerprint density at radius 2 is 1.18 bits per heavy atom. The first kappa shape index (κ1) is 25.0. The van der Waals surface area contributed by atoms with Crippen molar-refractivity contribution in [2.45, 2.75) is 17.8 Å². The van der Waals surface area contributed by atoms with Crippen LogP contribution in [0.2, 0.25) is 0 Å². The Labute approximate surface area is 256 Å². The van der Waals surface area contributed by atoms with E-state index < -0.39 is 5.41 Å². The molecule has 44 heavy (non-hydrogen) atoms. The van der Waals surface area contributed by atoms with Crippen molar-refractivity contribution in [3.8, 4) is 39.5 Å². The molecule has 2 aliphatic carbocycles. The number of fused-ring (bicyclic) bond motifs is 8. The molecule has 0 bridgehead atoms. The third kappa shape index (κ3) is 3.62. The van der Waals surface area contributed by atoms with Crippen LogP contribution in [0.3, 0.4) is 0 Å². The molecule has 3 heteroatoms. The van der Waals surface area contributed by atoms with Crippen LogP contribution in [0.1, 0.15) is 34.7 Å². The van der Waals surface area contributed by atoms with Crippen LogP contribution in [0.15, 0.2) is 163 Å². The van der Waals surface area contributed by atoms with E-state index in [0.29, 0.717) is 6.42 Å². The predicted molar refractivity (Wildman–Crippen MR) is 175 cm³/mol. The fraction of sp³-hybridized carbons (Fsp3) is 0.0732. The maximum absolute atomic E-state index is 6.82. The molecule has 9 rings (SSSR count). The molecule has 1 unspecified atom stereocenters. The normalized spacial score (nSPS) is 17.0. The number of para-hydroxylation sites is 1. The number of ether oxygens (including phenoxy) is 1. The highest BCUT2D eigenvalue weighted by atomic mass is 16.5. The van der Waals surface area contributed by atoms with Crippen LogP contribution < -0.4 is 4.74 Å². The molecule has 3 aliphatic rings. The number of hydrogen-bond acceptors (Lipinski definition) is 3. The molecular weight excluding hydrogens is 536 g/mol. The van der Waals surface area contributed by atoms with Gasteiger partial charge in [0.2, 0.25) is 0 Å². The van der Waals surface area contributed by atoms with E-state index in [1.54, 1.807) is 0 Å². The fourth-order valence-corrected chi connectivity index (χ4v) is 7.40. The van der Waals surface area contributed by atoms with Gasteiger partial charge in [-0.05, 0) is 34.4 Å². The average Bonchev–Trinajstić information content (AvgIpc) is 3.39. The van der Waals surface area contributed by atoms with Gasteiger partial charge >= 0.3 is 0 Å². The van der Waals surface area contributed by atoms with Crippen LogP contribution in [0, 0.1) is 0 Å². The summed E-state index contributed by atoms with van der Waals surface area (Å²) in [6, 6.07) is 49.0.